The minimum absolute atomic E-state index is 0.0319. The first-order valence-electron chi connectivity index (χ1n) is 50.6. The van der Waals surface area contributed by atoms with Crippen LogP contribution in [0.15, 0.2) is 97.0 Å². The molecule has 0 bridgehead atoms. The number of halogens is 2. The lowest BCUT2D eigenvalue weighted by molar-refractivity contribution is 0.0787. The molecule has 8 aliphatic heterocycles. The number of aromatic nitrogens is 4. The zero-order valence-corrected chi connectivity index (χ0v) is 88.6. The third-order valence-electron chi connectivity index (χ3n) is 29.4. The van der Waals surface area contributed by atoms with E-state index in [0.29, 0.717) is 110 Å². The number of likely N-dealkylation sites (tertiary alicyclic amines) is 3. The maximum Gasteiger partial charge on any atom is 0.319 e. The Bertz CT molecular complexity index is 4370. The van der Waals surface area contributed by atoms with E-state index < -0.39 is 22.6 Å². The first kappa shape index (κ1) is 117. The number of pyridine rings is 4. The fraction of sp³-hybridized carbons (Fsp3) is 0.667. The summed E-state index contributed by atoms with van der Waals surface area (Å²) in [6.45, 7) is 59.3. The lowest BCUT2D eigenvalue weighted by atomic mass is 9.79. The molecule has 0 aromatic carbocycles. The Balaban J connectivity index is 0.000000275. The molecule has 8 aliphatic rings. The summed E-state index contributed by atoms with van der Waals surface area (Å²) in [7, 11) is 3.61. The van der Waals surface area contributed by atoms with E-state index in [1.54, 1.807) is 60.2 Å². The van der Waals surface area contributed by atoms with Crippen molar-refractivity contribution in [2.24, 2.45) is 130 Å². The predicted molar refractivity (Wildman–Crippen MR) is 565 cm³/mol. The van der Waals surface area contributed by atoms with Crippen LogP contribution in [0, 0.1) is 185 Å². The van der Waals surface area contributed by atoms with Crippen molar-refractivity contribution in [1.82, 2.24) is 53.5 Å². The van der Waals surface area contributed by atoms with Crippen molar-refractivity contribution in [1.29, 1.82) is 5.41 Å². The largest absolute Gasteiger partial charge is 0.392 e. The fourth-order valence-electron chi connectivity index (χ4n) is 20.2. The van der Waals surface area contributed by atoms with E-state index in [0.717, 1.165) is 204 Å². The highest BCUT2D eigenvalue weighted by atomic mass is 32.2. The van der Waals surface area contributed by atoms with Gasteiger partial charge in [0, 0.05) is 173 Å². The molecule has 4 amide bonds. The zero-order chi connectivity index (χ0) is 101. The summed E-state index contributed by atoms with van der Waals surface area (Å²) in [5.41, 5.74) is 15.0. The number of allylic oxidation sites excluding steroid dienone is 3. The van der Waals surface area contributed by atoms with Gasteiger partial charge in [-0.1, -0.05) is 168 Å². The molecule has 4 aromatic heterocycles. The number of urea groups is 2. The lowest BCUT2D eigenvalue weighted by Crippen LogP contribution is -2.48. The molecule has 0 radical (unpaired) electrons. The summed E-state index contributed by atoms with van der Waals surface area (Å²) in [6, 6.07) is 15.9. The van der Waals surface area contributed by atoms with E-state index in [2.05, 4.69) is 208 Å². The number of alkyl halides is 2. The monoisotopic (exact) mass is 1900 g/mol. The summed E-state index contributed by atoms with van der Waals surface area (Å²) >= 11 is 0. The number of amides is 4. The summed E-state index contributed by atoms with van der Waals surface area (Å²) in [4.78, 5) is 57.8. The van der Waals surface area contributed by atoms with Crippen molar-refractivity contribution in [3.8, 4) is 61.7 Å². The molecule has 754 valence electrons. The number of nitrogens with two attached hydrogens (primary N) is 2. The Labute approximate surface area is 823 Å². The maximum atomic E-state index is 14.1. The number of carbonyl (C=O) groups is 2. The Kier molecular flexibility index (Phi) is 50.7. The third kappa shape index (κ3) is 37.6. The van der Waals surface area contributed by atoms with Gasteiger partial charge in [0.25, 0.3) is 10.2 Å². The Morgan fingerprint density at radius 3 is 1.18 bits per heavy atom. The normalized spacial score (nSPS) is 24.0. The first-order chi connectivity index (χ1) is 64.3. The van der Waals surface area contributed by atoms with Crippen molar-refractivity contribution in [3.63, 3.8) is 0 Å². The van der Waals surface area contributed by atoms with E-state index in [1.807, 2.05) is 82.2 Å². The smallest absolute Gasteiger partial charge is 0.319 e. The molecule has 8 saturated heterocycles. The zero-order valence-electron chi connectivity index (χ0n) is 87.8. The van der Waals surface area contributed by atoms with E-state index >= 15 is 0 Å². The summed E-state index contributed by atoms with van der Waals surface area (Å²) < 4.78 is 55.0. The second-order valence-corrected chi connectivity index (χ2v) is 44.3. The average molecular weight is 1900 g/mol. The van der Waals surface area contributed by atoms with Gasteiger partial charge in [-0.3, -0.25) is 0 Å². The second-order valence-electron chi connectivity index (χ2n) is 42.1. The quantitative estimate of drug-likeness (QED) is 0.0295. The van der Waals surface area contributed by atoms with Gasteiger partial charge in [0.15, 0.2) is 0 Å². The van der Waals surface area contributed by atoms with Gasteiger partial charge in [-0.05, 0) is 256 Å². The number of terminal acetylenes is 5. The second kappa shape index (κ2) is 59.0. The number of nitrogens with zero attached hydrogens (tertiary/aromatic N) is 14. The topological polar surface area (TPSA) is 240 Å². The van der Waals surface area contributed by atoms with E-state index in [1.165, 1.54) is 42.6 Å². The molecular formula is C111H176F2N18O4S. The summed E-state index contributed by atoms with van der Waals surface area (Å²) in [5, 5.41) is 9.78. The minimum Gasteiger partial charge on any atom is -0.392 e. The molecule has 0 saturated carbocycles. The number of anilines is 4. The predicted octanol–water partition coefficient (Wildman–Crippen LogP) is 19.6. The molecule has 136 heavy (non-hydrogen) atoms. The van der Waals surface area contributed by atoms with Crippen molar-refractivity contribution < 1.29 is 26.8 Å². The standard InChI is InChI=1S/2C16H22N2.C15H19FN2.C15H20N2.C14H22FN3.C13H25N3O.C11H24N2O2S.C11H22N2O/c2*1-5-14-6-7-16(17-10-14)18-9-8-15(12(2)3)13(4)11-18;1-4-12-5-6-15(17-9-12)18-8-7-13(11(2)3)14(16)10-18;1-4-13-5-6-15(16-11-13)17-9-7-14(8-10-17)12(2)3;1-4-11(16)5-6-14(17)18-8-7-12(10(2)3)13(15)9-18;1-10(2)12-9-16(8-5-11(12)3)13(17)15-7-4-6-14;1-9(2)11-8-13(7-6-10(11)3)16(14,15)12(4)5;1-9(2)10-6-5-7-13(8-10)11(14)12(3)4/h2*1,6-7,10,12-13,15H,8-9,11H2,2-4H3;1,5-6,9,11,13-14H,7-8,10H2,2-3H3;1,5-6,11-12,14H,7-10H2,2-3H3;1,5-6,10,12-13H,7-9,16-17H2,2-3H3;6,10-12,14H,4-5,7-9H2,1-3H3,(H,15,17);9-11H,6-8H2,1-5H3;9-10H,5-8H2,1-4H3/b;;;;11-5-,14-6+;;;/t2*13-,15-;13-,14-;;12-,13-;11-,12-;10-,11-;10-/m100.0111/s1. The van der Waals surface area contributed by atoms with Crippen LogP contribution in [-0.2, 0) is 10.2 Å². The third-order valence-corrected chi connectivity index (χ3v) is 31.3. The van der Waals surface area contributed by atoms with Gasteiger partial charge in [-0.15, -0.1) is 32.1 Å². The number of nitrogens with one attached hydrogen (secondary N) is 2. The van der Waals surface area contributed by atoms with E-state index in [4.69, 9.17) is 49.0 Å². The van der Waals surface area contributed by atoms with Gasteiger partial charge in [-0.2, -0.15) is 17.0 Å². The van der Waals surface area contributed by atoms with E-state index in [-0.39, 0.29) is 23.9 Å². The number of hydrogen-bond acceptors (Lipinski definition) is 16. The van der Waals surface area contributed by atoms with Crippen LogP contribution in [0.4, 0.5) is 41.6 Å². The SMILES string of the molecule is C#C/C(N)=C/C=C(\N)N1CC[C@@H](C(C)C)[C@@H](F)C1.C#Cc1ccc(N2CCC(C(C)C)CC2)nc1.C#Cc1ccc(N2CC[C@@H](C(C)C)[C@@H](C)C2)nc1.C#Cc1ccc(N2CC[C@@H](C(C)C)[C@@H](F)C2)nc1.C#Cc1ccc(N2CC[C@H](C(C)C)[C@H](C)C2)nc1.CC(C)[C@@H]1CCCN(C(=O)N(C)C)C1.CC(C)[C@H]1CN(C(=O)NCCC=N)CC[C@H]1C.CC(C)[C@H]1CN(S(=O)(=O)N(C)C)CC[C@H]1C. The first-order valence-corrected chi connectivity index (χ1v) is 52.0. The molecule has 12 heterocycles. The molecule has 22 nitrogen and oxygen atoms in total. The van der Waals surface area contributed by atoms with Gasteiger partial charge in [0.05, 0.1) is 24.6 Å². The lowest BCUT2D eigenvalue weighted by Gasteiger charge is -2.39. The molecule has 0 spiro atoms. The summed E-state index contributed by atoms with van der Waals surface area (Å²) in [6.07, 6.45) is 48.3. The highest BCUT2D eigenvalue weighted by Crippen LogP contribution is 2.38. The number of carbonyl (C=O) groups excluding carboxylic acids is 2. The van der Waals surface area contributed by atoms with Crippen molar-refractivity contribution in [2.45, 2.75) is 221 Å². The van der Waals surface area contributed by atoms with Crippen molar-refractivity contribution in [2.75, 3.05) is 159 Å². The van der Waals surface area contributed by atoms with Crippen LogP contribution in [-0.4, -0.2) is 227 Å². The average Bonchev–Trinajstić information content (AvgIpc) is 0.818. The van der Waals surface area contributed by atoms with Crippen LogP contribution >= 0.6 is 0 Å². The molecule has 25 heteroatoms. The van der Waals surface area contributed by atoms with Crippen LogP contribution in [0.5, 0.6) is 0 Å². The van der Waals surface area contributed by atoms with Gasteiger partial charge < -0.3 is 61.4 Å². The highest BCUT2D eigenvalue weighted by molar-refractivity contribution is 7.86. The van der Waals surface area contributed by atoms with Crippen LogP contribution in [0.2, 0.25) is 0 Å². The molecule has 0 aliphatic carbocycles. The number of piperidine rings is 8. The number of rotatable bonds is 19. The van der Waals surface area contributed by atoms with E-state index in [9.17, 15) is 26.8 Å². The summed E-state index contributed by atoms with van der Waals surface area (Å²) in [5.74, 6) is 29.5. The Morgan fingerprint density at radius 1 is 0.441 bits per heavy atom. The van der Waals surface area contributed by atoms with Gasteiger partial charge in [0.1, 0.15) is 35.6 Å². The molecule has 6 N–H and O–H groups in total. The molecule has 13 atom stereocenters. The van der Waals surface area contributed by atoms with Crippen molar-refractivity contribution >= 4 is 51.8 Å². The number of hydrogen-bond donors (Lipinski definition) is 4. The Hall–Kier alpha value is -9.58. The molecule has 8 fully saturated rings. The minimum atomic E-state index is -3.22. The van der Waals surface area contributed by atoms with Crippen LogP contribution in [0.3, 0.4) is 0 Å². The molecule has 12 rings (SSSR count). The van der Waals surface area contributed by atoms with Gasteiger partial charge in [0.2, 0.25) is 0 Å². The van der Waals surface area contributed by atoms with Gasteiger partial charge in [-0.25, -0.2) is 38.3 Å². The van der Waals surface area contributed by atoms with Crippen LogP contribution < -0.4 is 36.4 Å². The Morgan fingerprint density at radius 2 is 0.824 bits per heavy atom. The maximum absolute atomic E-state index is 14.1. The fourth-order valence-corrected chi connectivity index (χ4v) is 21.3. The van der Waals surface area contributed by atoms with Crippen molar-refractivity contribution in [3.05, 3.63) is 119 Å². The van der Waals surface area contributed by atoms with Crippen LogP contribution in [0.1, 0.15) is 231 Å². The highest BCUT2D eigenvalue weighted by Gasteiger charge is 2.39. The molecule has 4 aromatic rings. The van der Waals surface area contributed by atoms with Gasteiger partial charge >= 0.3 is 12.1 Å². The molecule has 0 unspecified atom stereocenters. The molecular weight excluding hydrogens is 1720 g/mol. The van der Waals surface area contributed by atoms with Crippen LogP contribution in [0.25, 0.3) is 0 Å².